The van der Waals surface area contributed by atoms with Crippen molar-refractivity contribution in [1.29, 1.82) is 0 Å². The van der Waals surface area contributed by atoms with Crippen molar-refractivity contribution in [2.75, 3.05) is 13.1 Å². The van der Waals surface area contributed by atoms with Crippen LogP contribution in [0.15, 0.2) is 24.5 Å². The molecule has 1 aliphatic heterocycles. The summed E-state index contributed by atoms with van der Waals surface area (Å²) in [6, 6.07) is 3.52. The second-order valence-corrected chi connectivity index (χ2v) is 6.01. The summed E-state index contributed by atoms with van der Waals surface area (Å²) in [5.41, 5.74) is 0.765. The zero-order valence-corrected chi connectivity index (χ0v) is 11.6. The van der Waals surface area contributed by atoms with E-state index in [0.29, 0.717) is 0 Å². The molecule has 0 radical (unpaired) electrons. The molecule has 0 spiro atoms. The lowest BCUT2D eigenvalue weighted by molar-refractivity contribution is 0.427. The monoisotopic (exact) mass is 291 g/mol. The van der Waals surface area contributed by atoms with Crippen LogP contribution in [-0.4, -0.2) is 32.5 Å². The molecule has 0 saturated carbocycles. The standard InChI is InChI=1S/C11H17N3O2S.ClH/c15-17(16,9-10-1-5-12-6-2-10)14-11-3-7-13-8-4-11;/h1-2,5-6,11,13-14H,3-4,7-9H2;1H. The van der Waals surface area contributed by atoms with Gasteiger partial charge in [-0.25, -0.2) is 13.1 Å². The highest BCUT2D eigenvalue weighted by Gasteiger charge is 2.19. The van der Waals surface area contributed by atoms with Crippen LogP contribution >= 0.6 is 12.4 Å². The Bertz CT molecular complexity index is 447. The Hall–Kier alpha value is -0.690. The summed E-state index contributed by atoms with van der Waals surface area (Å²) < 4.78 is 26.6. The first-order valence-electron chi connectivity index (χ1n) is 5.75. The van der Waals surface area contributed by atoms with Crippen molar-refractivity contribution in [1.82, 2.24) is 15.0 Å². The largest absolute Gasteiger partial charge is 0.317 e. The molecule has 0 amide bonds. The van der Waals surface area contributed by atoms with Gasteiger partial charge in [0.15, 0.2) is 0 Å². The molecule has 2 rings (SSSR count). The van der Waals surface area contributed by atoms with Gasteiger partial charge in [-0.3, -0.25) is 4.98 Å². The number of hydrogen-bond donors (Lipinski definition) is 2. The molecule has 18 heavy (non-hydrogen) atoms. The molecule has 1 aliphatic rings. The zero-order chi connectivity index (χ0) is 12.1. The highest BCUT2D eigenvalue weighted by atomic mass is 35.5. The van der Waals surface area contributed by atoms with Gasteiger partial charge in [0, 0.05) is 18.4 Å². The van der Waals surface area contributed by atoms with Crippen molar-refractivity contribution in [3.05, 3.63) is 30.1 Å². The Morgan fingerprint density at radius 2 is 1.89 bits per heavy atom. The van der Waals surface area contributed by atoms with E-state index in [1.807, 2.05) is 0 Å². The first-order chi connectivity index (χ1) is 8.16. The normalized spacial score (nSPS) is 17.1. The molecule has 7 heteroatoms. The summed E-state index contributed by atoms with van der Waals surface area (Å²) in [6.07, 6.45) is 4.93. The highest BCUT2D eigenvalue weighted by Crippen LogP contribution is 2.08. The molecule has 0 atom stereocenters. The number of rotatable bonds is 4. The second kappa shape index (κ2) is 7.04. The Balaban J connectivity index is 0.00000162. The molecule has 1 aromatic heterocycles. The number of pyridine rings is 1. The highest BCUT2D eigenvalue weighted by molar-refractivity contribution is 7.88. The average molecular weight is 292 g/mol. The molecule has 2 N–H and O–H groups in total. The zero-order valence-electron chi connectivity index (χ0n) is 10.0. The number of halogens is 1. The molecule has 5 nitrogen and oxygen atoms in total. The van der Waals surface area contributed by atoms with Crippen molar-refractivity contribution < 1.29 is 8.42 Å². The number of piperidine rings is 1. The molecule has 2 heterocycles. The first-order valence-corrected chi connectivity index (χ1v) is 7.40. The molecule has 0 aliphatic carbocycles. The van der Waals surface area contributed by atoms with Gasteiger partial charge in [-0.1, -0.05) is 0 Å². The molecular formula is C11H18ClN3O2S. The quantitative estimate of drug-likeness (QED) is 0.856. The molecular weight excluding hydrogens is 274 g/mol. The van der Waals surface area contributed by atoms with E-state index in [0.717, 1.165) is 31.5 Å². The third kappa shape index (κ3) is 4.89. The van der Waals surface area contributed by atoms with Gasteiger partial charge in [0.05, 0.1) is 5.75 Å². The van der Waals surface area contributed by atoms with Gasteiger partial charge in [0.25, 0.3) is 0 Å². The predicted molar refractivity (Wildman–Crippen MR) is 73.1 cm³/mol. The van der Waals surface area contributed by atoms with Gasteiger partial charge in [0.2, 0.25) is 10.0 Å². The van der Waals surface area contributed by atoms with Crippen LogP contribution in [0.5, 0.6) is 0 Å². The third-order valence-electron chi connectivity index (χ3n) is 2.79. The van der Waals surface area contributed by atoms with Crippen LogP contribution in [0, 0.1) is 0 Å². The minimum absolute atomic E-state index is 0. The van der Waals surface area contributed by atoms with E-state index in [2.05, 4.69) is 15.0 Å². The van der Waals surface area contributed by atoms with Crippen molar-refractivity contribution >= 4 is 22.4 Å². The van der Waals surface area contributed by atoms with E-state index in [1.165, 1.54) is 0 Å². The number of nitrogens with one attached hydrogen (secondary N) is 2. The second-order valence-electron chi connectivity index (χ2n) is 4.26. The third-order valence-corrected chi connectivity index (χ3v) is 4.20. The molecule has 0 aromatic carbocycles. The number of hydrogen-bond acceptors (Lipinski definition) is 4. The van der Waals surface area contributed by atoms with Crippen LogP contribution in [-0.2, 0) is 15.8 Å². The van der Waals surface area contributed by atoms with Gasteiger partial charge < -0.3 is 5.32 Å². The molecule has 0 bridgehead atoms. The fraction of sp³-hybridized carbons (Fsp3) is 0.545. The van der Waals surface area contributed by atoms with Crippen LogP contribution in [0.1, 0.15) is 18.4 Å². The number of sulfonamides is 1. The Labute approximate surface area is 114 Å². The topological polar surface area (TPSA) is 71.1 Å². The van der Waals surface area contributed by atoms with Crippen molar-refractivity contribution in [3.63, 3.8) is 0 Å². The molecule has 1 aromatic rings. The number of nitrogens with zero attached hydrogens (tertiary/aromatic N) is 1. The maximum absolute atomic E-state index is 11.9. The van der Waals surface area contributed by atoms with Crippen molar-refractivity contribution in [3.8, 4) is 0 Å². The number of aromatic nitrogens is 1. The van der Waals surface area contributed by atoms with E-state index < -0.39 is 10.0 Å². The van der Waals surface area contributed by atoms with Crippen molar-refractivity contribution in [2.45, 2.75) is 24.6 Å². The summed E-state index contributed by atoms with van der Waals surface area (Å²) in [7, 11) is -3.24. The lowest BCUT2D eigenvalue weighted by Crippen LogP contribution is -2.43. The van der Waals surface area contributed by atoms with Crippen LogP contribution < -0.4 is 10.0 Å². The van der Waals surface area contributed by atoms with Crippen LogP contribution in [0.2, 0.25) is 0 Å². The maximum Gasteiger partial charge on any atom is 0.216 e. The van der Waals surface area contributed by atoms with E-state index >= 15 is 0 Å². The fourth-order valence-corrected chi connectivity index (χ4v) is 3.39. The minimum Gasteiger partial charge on any atom is -0.317 e. The van der Waals surface area contributed by atoms with Crippen LogP contribution in [0.3, 0.4) is 0 Å². The SMILES string of the molecule is Cl.O=S(=O)(Cc1ccncc1)NC1CCNCC1. The molecule has 0 unspecified atom stereocenters. The summed E-state index contributed by atoms with van der Waals surface area (Å²) in [6.45, 7) is 1.75. The molecule has 102 valence electrons. The lowest BCUT2D eigenvalue weighted by Gasteiger charge is -2.23. The van der Waals surface area contributed by atoms with Crippen LogP contribution in [0.25, 0.3) is 0 Å². The fourth-order valence-electron chi connectivity index (χ4n) is 1.93. The lowest BCUT2D eigenvalue weighted by atomic mass is 10.1. The summed E-state index contributed by atoms with van der Waals surface area (Å²) >= 11 is 0. The van der Waals surface area contributed by atoms with E-state index in [-0.39, 0.29) is 24.2 Å². The predicted octanol–water partition coefficient (Wildman–Crippen LogP) is 0.675. The van der Waals surface area contributed by atoms with Gasteiger partial charge in [-0.05, 0) is 43.6 Å². The van der Waals surface area contributed by atoms with E-state index in [1.54, 1.807) is 24.5 Å². The van der Waals surface area contributed by atoms with Crippen LogP contribution in [0.4, 0.5) is 0 Å². The maximum atomic E-state index is 11.9. The Kier molecular flexibility index (Phi) is 6.01. The van der Waals surface area contributed by atoms with Gasteiger partial charge >= 0.3 is 0 Å². The first kappa shape index (κ1) is 15.4. The summed E-state index contributed by atoms with van der Waals surface area (Å²) in [5, 5.41) is 3.21. The van der Waals surface area contributed by atoms with E-state index in [9.17, 15) is 8.42 Å². The van der Waals surface area contributed by atoms with Gasteiger partial charge in [-0.15, -0.1) is 12.4 Å². The van der Waals surface area contributed by atoms with Gasteiger partial charge in [-0.2, -0.15) is 0 Å². The van der Waals surface area contributed by atoms with E-state index in [4.69, 9.17) is 0 Å². The Morgan fingerprint density at radius 1 is 1.28 bits per heavy atom. The molecule has 1 fully saturated rings. The average Bonchev–Trinajstić information content (AvgIpc) is 2.30. The smallest absolute Gasteiger partial charge is 0.216 e. The summed E-state index contributed by atoms with van der Waals surface area (Å²) in [5.74, 6) is 0.0272. The Morgan fingerprint density at radius 3 is 2.50 bits per heavy atom. The van der Waals surface area contributed by atoms with Crippen molar-refractivity contribution in [2.24, 2.45) is 0 Å². The molecule has 1 saturated heterocycles. The minimum atomic E-state index is -3.24. The van der Waals surface area contributed by atoms with Gasteiger partial charge in [0.1, 0.15) is 0 Å². The summed E-state index contributed by atoms with van der Waals surface area (Å²) in [4.78, 5) is 3.87.